The molecule has 1 atom stereocenters. The monoisotopic (exact) mass is 317 g/mol. The third kappa shape index (κ3) is 3.92. The Labute approximate surface area is 136 Å². The van der Waals surface area contributed by atoms with E-state index in [2.05, 4.69) is 5.32 Å². The van der Waals surface area contributed by atoms with E-state index in [0.29, 0.717) is 32.8 Å². The molecule has 1 fully saturated rings. The number of carbonyl (C=O) groups excluding carboxylic acids is 1. The fraction of sp³-hybridized carbons (Fsp3) is 0.500. The first kappa shape index (κ1) is 16.0. The van der Waals surface area contributed by atoms with Crippen LogP contribution in [0.2, 0.25) is 0 Å². The van der Waals surface area contributed by atoms with Crippen LogP contribution < -0.4 is 10.1 Å². The van der Waals surface area contributed by atoms with Gasteiger partial charge in [0.1, 0.15) is 5.75 Å². The Morgan fingerprint density at radius 3 is 3.04 bits per heavy atom. The van der Waals surface area contributed by atoms with Crippen molar-refractivity contribution in [3.05, 3.63) is 35.4 Å². The number of benzene rings is 1. The quantitative estimate of drug-likeness (QED) is 0.924. The van der Waals surface area contributed by atoms with Crippen molar-refractivity contribution in [1.82, 2.24) is 5.32 Å². The normalized spacial score (nSPS) is 22.5. The summed E-state index contributed by atoms with van der Waals surface area (Å²) in [5.41, 5.74) is 2.95. The lowest BCUT2D eigenvalue weighted by Gasteiger charge is -2.24. The maximum atomic E-state index is 12.5. The summed E-state index contributed by atoms with van der Waals surface area (Å²) in [7, 11) is 1.65. The average molecular weight is 317 g/mol. The van der Waals surface area contributed by atoms with E-state index in [1.54, 1.807) is 7.11 Å². The van der Waals surface area contributed by atoms with Gasteiger partial charge in [-0.15, -0.1) is 0 Å². The molecule has 1 amide bonds. The van der Waals surface area contributed by atoms with Gasteiger partial charge >= 0.3 is 0 Å². The lowest BCUT2D eigenvalue weighted by atomic mass is 9.93. The standard InChI is InChI=1S/C18H23NO4/c1-21-14-5-2-4-13(10-14)16-6-3-7-19-18(20)17(16)11-15-12-22-8-9-23-15/h2,4-5,10,15H,3,6-9,11-12H2,1H3,(H,19,20). The van der Waals surface area contributed by atoms with Gasteiger partial charge in [0.15, 0.2) is 0 Å². The molecule has 2 aliphatic rings. The molecule has 5 nitrogen and oxygen atoms in total. The lowest BCUT2D eigenvalue weighted by molar-refractivity contribution is -0.119. The molecule has 1 unspecified atom stereocenters. The number of ether oxygens (including phenoxy) is 3. The van der Waals surface area contributed by atoms with Crippen LogP contribution in [0.25, 0.3) is 5.57 Å². The zero-order valence-electron chi connectivity index (χ0n) is 13.5. The highest BCUT2D eigenvalue weighted by Crippen LogP contribution is 2.31. The van der Waals surface area contributed by atoms with Crippen LogP contribution in [0.4, 0.5) is 0 Å². The van der Waals surface area contributed by atoms with Gasteiger partial charge in [0.2, 0.25) is 5.91 Å². The molecule has 3 rings (SSSR count). The van der Waals surface area contributed by atoms with Gasteiger partial charge in [0, 0.05) is 18.5 Å². The highest BCUT2D eigenvalue weighted by Gasteiger charge is 2.25. The Bertz CT molecular complexity index is 590. The summed E-state index contributed by atoms with van der Waals surface area (Å²) in [6.45, 7) is 2.47. The SMILES string of the molecule is COc1cccc(C2=C(CC3COCCO3)C(=O)NCCC2)c1. The van der Waals surface area contributed by atoms with Crippen LogP contribution in [0.15, 0.2) is 29.8 Å². The second-order valence-electron chi connectivity index (χ2n) is 5.82. The lowest BCUT2D eigenvalue weighted by Crippen LogP contribution is -2.32. The van der Waals surface area contributed by atoms with E-state index in [9.17, 15) is 4.79 Å². The van der Waals surface area contributed by atoms with Gasteiger partial charge < -0.3 is 19.5 Å². The first-order valence-electron chi connectivity index (χ1n) is 8.12. The number of rotatable bonds is 4. The first-order chi connectivity index (χ1) is 11.3. The molecule has 0 saturated carbocycles. The summed E-state index contributed by atoms with van der Waals surface area (Å²) < 4.78 is 16.5. The Morgan fingerprint density at radius 2 is 2.26 bits per heavy atom. The van der Waals surface area contributed by atoms with Gasteiger partial charge in [-0.2, -0.15) is 0 Å². The number of hydrogen-bond acceptors (Lipinski definition) is 4. The summed E-state index contributed by atoms with van der Waals surface area (Å²) in [6.07, 6.45) is 2.33. The Kier molecular flexibility index (Phi) is 5.31. The topological polar surface area (TPSA) is 56.8 Å². The van der Waals surface area contributed by atoms with Crippen molar-refractivity contribution in [2.75, 3.05) is 33.5 Å². The maximum absolute atomic E-state index is 12.5. The summed E-state index contributed by atoms with van der Waals surface area (Å²) in [5, 5.41) is 2.99. The minimum Gasteiger partial charge on any atom is -0.497 e. The van der Waals surface area contributed by atoms with Crippen molar-refractivity contribution in [3.8, 4) is 5.75 Å². The van der Waals surface area contributed by atoms with E-state index in [1.165, 1.54) is 0 Å². The third-order valence-corrected chi connectivity index (χ3v) is 4.26. The summed E-state index contributed by atoms with van der Waals surface area (Å²) in [6, 6.07) is 7.90. The van der Waals surface area contributed by atoms with Crippen LogP contribution in [-0.4, -0.2) is 45.5 Å². The van der Waals surface area contributed by atoms with Crippen molar-refractivity contribution >= 4 is 11.5 Å². The van der Waals surface area contributed by atoms with Crippen molar-refractivity contribution < 1.29 is 19.0 Å². The fourth-order valence-electron chi connectivity index (χ4n) is 3.09. The molecule has 0 radical (unpaired) electrons. The number of amides is 1. The molecule has 124 valence electrons. The molecule has 23 heavy (non-hydrogen) atoms. The van der Waals surface area contributed by atoms with E-state index in [-0.39, 0.29) is 12.0 Å². The van der Waals surface area contributed by atoms with Gasteiger partial charge in [-0.05, 0) is 36.1 Å². The Morgan fingerprint density at radius 1 is 1.35 bits per heavy atom. The zero-order valence-corrected chi connectivity index (χ0v) is 13.5. The van der Waals surface area contributed by atoms with Crippen molar-refractivity contribution in [2.24, 2.45) is 0 Å². The number of methoxy groups -OCH3 is 1. The fourth-order valence-corrected chi connectivity index (χ4v) is 3.09. The van der Waals surface area contributed by atoms with Crippen LogP contribution in [0, 0.1) is 0 Å². The van der Waals surface area contributed by atoms with E-state index in [0.717, 1.165) is 35.3 Å². The second kappa shape index (κ2) is 7.62. The summed E-state index contributed by atoms with van der Waals surface area (Å²) in [5.74, 6) is 0.811. The van der Waals surface area contributed by atoms with Crippen LogP contribution in [-0.2, 0) is 14.3 Å². The highest BCUT2D eigenvalue weighted by molar-refractivity contribution is 6.01. The van der Waals surface area contributed by atoms with Gasteiger partial charge in [-0.3, -0.25) is 4.79 Å². The Balaban J connectivity index is 1.93. The molecule has 0 bridgehead atoms. The molecule has 0 aromatic heterocycles. The zero-order chi connectivity index (χ0) is 16.1. The largest absolute Gasteiger partial charge is 0.497 e. The number of nitrogens with one attached hydrogen (secondary N) is 1. The molecule has 1 aromatic rings. The number of carbonyl (C=O) groups is 1. The highest BCUT2D eigenvalue weighted by atomic mass is 16.6. The van der Waals surface area contributed by atoms with Gasteiger partial charge in [-0.1, -0.05) is 12.1 Å². The molecule has 1 aromatic carbocycles. The van der Waals surface area contributed by atoms with Gasteiger partial charge in [0.25, 0.3) is 0 Å². The van der Waals surface area contributed by atoms with E-state index >= 15 is 0 Å². The molecular formula is C18H23NO4. The van der Waals surface area contributed by atoms with E-state index < -0.39 is 0 Å². The number of allylic oxidation sites excluding steroid dienone is 1. The first-order valence-corrected chi connectivity index (χ1v) is 8.12. The second-order valence-corrected chi connectivity index (χ2v) is 5.82. The minimum atomic E-state index is -0.0526. The van der Waals surface area contributed by atoms with Crippen molar-refractivity contribution in [2.45, 2.75) is 25.4 Å². The molecule has 0 aliphatic carbocycles. The smallest absolute Gasteiger partial charge is 0.247 e. The van der Waals surface area contributed by atoms with Crippen molar-refractivity contribution in [3.63, 3.8) is 0 Å². The van der Waals surface area contributed by atoms with Crippen molar-refractivity contribution in [1.29, 1.82) is 0 Å². The summed E-state index contributed by atoms with van der Waals surface area (Å²) in [4.78, 5) is 12.5. The maximum Gasteiger partial charge on any atom is 0.247 e. The van der Waals surface area contributed by atoms with Crippen LogP contribution >= 0.6 is 0 Å². The van der Waals surface area contributed by atoms with Crippen LogP contribution in [0.1, 0.15) is 24.8 Å². The molecular weight excluding hydrogens is 294 g/mol. The van der Waals surface area contributed by atoms with Gasteiger partial charge in [-0.25, -0.2) is 0 Å². The molecule has 0 spiro atoms. The Hall–Kier alpha value is -1.85. The van der Waals surface area contributed by atoms with Gasteiger partial charge in [0.05, 0.1) is 33.0 Å². The molecule has 2 heterocycles. The average Bonchev–Trinajstić information content (AvgIpc) is 2.78. The van der Waals surface area contributed by atoms with Crippen LogP contribution in [0.5, 0.6) is 5.75 Å². The molecule has 1 N–H and O–H groups in total. The molecule has 5 heteroatoms. The van der Waals surface area contributed by atoms with E-state index in [1.807, 2.05) is 24.3 Å². The molecule has 2 aliphatic heterocycles. The predicted octanol–water partition coefficient (Wildman–Crippen LogP) is 2.16. The van der Waals surface area contributed by atoms with Crippen LogP contribution in [0.3, 0.4) is 0 Å². The van der Waals surface area contributed by atoms with E-state index in [4.69, 9.17) is 14.2 Å². The molecule has 1 saturated heterocycles. The minimum absolute atomic E-state index is 0.00879. The number of hydrogen-bond donors (Lipinski definition) is 1. The third-order valence-electron chi connectivity index (χ3n) is 4.26. The summed E-state index contributed by atoms with van der Waals surface area (Å²) >= 11 is 0. The predicted molar refractivity (Wildman–Crippen MR) is 87.3 cm³/mol.